The van der Waals surface area contributed by atoms with Crippen LogP contribution in [0.3, 0.4) is 0 Å². The third kappa shape index (κ3) is 10.8. The van der Waals surface area contributed by atoms with Crippen LogP contribution in [0.25, 0.3) is 0 Å². The molecule has 0 rings (SSSR count). The molecule has 0 fully saturated rings. The number of rotatable bonds is 13. The topological polar surface area (TPSA) is 0 Å². The lowest BCUT2D eigenvalue weighted by Gasteiger charge is -2.39. The standard InChI is InChI=1S/C17H38N.BrH/c1-5-9-13-17-18(14-10-6-2,15-11-7-3)16-12-8-4;/h5-17H2,1-4H3;1H/q+1;. The van der Waals surface area contributed by atoms with Crippen molar-refractivity contribution in [3.63, 3.8) is 0 Å². The zero-order valence-corrected chi connectivity index (χ0v) is 15.8. The van der Waals surface area contributed by atoms with Gasteiger partial charge in [0.2, 0.25) is 0 Å². The number of hydrogen-bond acceptors (Lipinski definition) is 0. The summed E-state index contributed by atoms with van der Waals surface area (Å²) in [6.07, 6.45) is 12.5. The summed E-state index contributed by atoms with van der Waals surface area (Å²) in [5.74, 6) is 0. The summed E-state index contributed by atoms with van der Waals surface area (Å²) < 4.78 is 1.43. The first-order chi connectivity index (χ1) is 8.74. The Hall–Kier alpha value is 0.440. The van der Waals surface area contributed by atoms with Gasteiger partial charge in [-0.25, -0.2) is 0 Å². The summed E-state index contributed by atoms with van der Waals surface area (Å²) in [5.41, 5.74) is 0. The van der Waals surface area contributed by atoms with Crippen molar-refractivity contribution in [1.29, 1.82) is 0 Å². The highest BCUT2D eigenvalue weighted by atomic mass is 79.9. The van der Waals surface area contributed by atoms with E-state index in [9.17, 15) is 0 Å². The minimum atomic E-state index is 0. The molecule has 0 atom stereocenters. The quantitative estimate of drug-likeness (QED) is 0.287. The fraction of sp³-hybridized carbons (Fsp3) is 1.00. The largest absolute Gasteiger partial charge is 0.324 e. The molecule has 0 spiro atoms. The maximum absolute atomic E-state index is 2.33. The van der Waals surface area contributed by atoms with E-state index in [1.165, 1.54) is 88.4 Å². The van der Waals surface area contributed by atoms with Gasteiger partial charge in [-0.3, -0.25) is 0 Å². The molecule has 0 saturated heterocycles. The van der Waals surface area contributed by atoms with Gasteiger partial charge >= 0.3 is 0 Å². The first kappa shape index (κ1) is 21.7. The first-order valence-electron chi connectivity index (χ1n) is 8.59. The summed E-state index contributed by atoms with van der Waals surface area (Å²) in [6, 6.07) is 0. The van der Waals surface area contributed by atoms with E-state index in [1.54, 1.807) is 0 Å². The molecule has 0 aromatic carbocycles. The van der Waals surface area contributed by atoms with Crippen LogP contribution in [0.2, 0.25) is 0 Å². The Kier molecular flexibility index (Phi) is 17.0. The normalized spacial score (nSPS) is 11.4. The SMILES string of the molecule is Br.CCCCC[N+](CCCC)(CCCC)CCCC. The number of nitrogens with zero attached hydrogens (tertiary/aromatic N) is 1. The van der Waals surface area contributed by atoms with Crippen LogP contribution >= 0.6 is 17.0 Å². The highest BCUT2D eigenvalue weighted by molar-refractivity contribution is 8.93. The molecule has 0 aromatic heterocycles. The maximum Gasteiger partial charge on any atom is 0.0786 e. The van der Waals surface area contributed by atoms with Crippen LogP contribution in [0.1, 0.15) is 85.5 Å². The molecule has 0 aliphatic carbocycles. The fourth-order valence-corrected chi connectivity index (χ4v) is 2.85. The third-order valence-corrected chi connectivity index (χ3v) is 4.19. The summed E-state index contributed by atoms with van der Waals surface area (Å²) in [7, 11) is 0. The van der Waals surface area contributed by atoms with Gasteiger partial charge in [-0.1, -0.05) is 53.4 Å². The second kappa shape index (κ2) is 14.8. The van der Waals surface area contributed by atoms with E-state index < -0.39 is 0 Å². The van der Waals surface area contributed by atoms with E-state index in [0.29, 0.717) is 0 Å². The Morgan fingerprint density at radius 2 is 0.789 bits per heavy atom. The van der Waals surface area contributed by atoms with Crippen molar-refractivity contribution < 1.29 is 4.48 Å². The van der Waals surface area contributed by atoms with Gasteiger partial charge in [0.1, 0.15) is 0 Å². The van der Waals surface area contributed by atoms with Crippen molar-refractivity contribution >= 4 is 17.0 Å². The maximum atomic E-state index is 2.33. The van der Waals surface area contributed by atoms with Crippen molar-refractivity contribution in [2.24, 2.45) is 0 Å². The smallest absolute Gasteiger partial charge is 0.0786 e. The molecular weight excluding hydrogens is 298 g/mol. The second-order valence-electron chi connectivity index (χ2n) is 6.00. The number of unbranched alkanes of at least 4 members (excludes halogenated alkanes) is 5. The molecular formula is C17H39BrN+. The van der Waals surface area contributed by atoms with Gasteiger partial charge in [0, 0.05) is 0 Å². The molecule has 0 N–H and O–H groups in total. The molecule has 1 nitrogen and oxygen atoms in total. The van der Waals surface area contributed by atoms with Gasteiger partial charge in [0.05, 0.1) is 26.2 Å². The van der Waals surface area contributed by atoms with Gasteiger partial charge in [-0.2, -0.15) is 0 Å². The minimum Gasteiger partial charge on any atom is -0.324 e. The van der Waals surface area contributed by atoms with E-state index in [-0.39, 0.29) is 17.0 Å². The molecule has 0 amide bonds. The van der Waals surface area contributed by atoms with Crippen molar-refractivity contribution in [1.82, 2.24) is 0 Å². The van der Waals surface area contributed by atoms with Crippen LogP contribution in [0.5, 0.6) is 0 Å². The molecule has 0 bridgehead atoms. The highest BCUT2D eigenvalue weighted by Gasteiger charge is 2.24. The van der Waals surface area contributed by atoms with Crippen LogP contribution in [0.15, 0.2) is 0 Å². The van der Waals surface area contributed by atoms with Gasteiger partial charge in [-0.05, 0) is 32.1 Å². The van der Waals surface area contributed by atoms with E-state index in [4.69, 9.17) is 0 Å². The Bertz CT molecular complexity index is 149. The number of quaternary nitrogens is 1. The molecule has 0 heterocycles. The summed E-state index contributed by atoms with van der Waals surface area (Å²) in [6.45, 7) is 15.0. The lowest BCUT2D eigenvalue weighted by Crippen LogP contribution is -2.50. The molecule has 0 unspecified atom stereocenters. The second-order valence-corrected chi connectivity index (χ2v) is 6.00. The lowest BCUT2D eigenvalue weighted by molar-refractivity contribution is -0.929. The number of halogens is 1. The van der Waals surface area contributed by atoms with Crippen LogP contribution in [-0.4, -0.2) is 30.7 Å². The number of hydrogen-bond donors (Lipinski definition) is 0. The summed E-state index contributed by atoms with van der Waals surface area (Å²) in [4.78, 5) is 0. The van der Waals surface area contributed by atoms with Crippen LogP contribution < -0.4 is 0 Å². The van der Waals surface area contributed by atoms with Crippen molar-refractivity contribution in [3.05, 3.63) is 0 Å². The molecule has 0 radical (unpaired) electrons. The Labute approximate surface area is 133 Å². The molecule has 0 aromatic rings. The van der Waals surface area contributed by atoms with Crippen molar-refractivity contribution in [2.45, 2.75) is 85.5 Å². The summed E-state index contributed by atoms with van der Waals surface area (Å²) in [5, 5.41) is 0. The average molecular weight is 337 g/mol. The molecule has 2 heteroatoms. The van der Waals surface area contributed by atoms with Crippen LogP contribution in [0.4, 0.5) is 0 Å². The molecule has 0 aliphatic heterocycles. The predicted octanol–water partition coefficient (Wildman–Crippen LogP) is 5.97. The highest BCUT2D eigenvalue weighted by Crippen LogP contribution is 2.16. The molecule has 118 valence electrons. The molecule has 19 heavy (non-hydrogen) atoms. The van der Waals surface area contributed by atoms with Crippen molar-refractivity contribution in [2.75, 3.05) is 26.2 Å². The minimum absolute atomic E-state index is 0. The van der Waals surface area contributed by atoms with E-state index in [0.717, 1.165) is 0 Å². The lowest BCUT2D eigenvalue weighted by atomic mass is 10.1. The van der Waals surface area contributed by atoms with Gasteiger partial charge in [-0.15, -0.1) is 17.0 Å². The Morgan fingerprint density at radius 1 is 0.474 bits per heavy atom. The first-order valence-corrected chi connectivity index (χ1v) is 8.59. The summed E-state index contributed by atoms with van der Waals surface area (Å²) >= 11 is 0. The van der Waals surface area contributed by atoms with E-state index in [2.05, 4.69) is 27.7 Å². The fourth-order valence-electron chi connectivity index (χ4n) is 2.85. The van der Waals surface area contributed by atoms with Crippen LogP contribution in [-0.2, 0) is 0 Å². The van der Waals surface area contributed by atoms with E-state index in [1.807, 2.05) is 0 Å². The van der Waals surface area contributed by atoms with Gasteiger partial charge in [0.15, 0.2) is 0 Å². The zero-order valence-electron chi connectivity index (χ0n) is 14.0. The Balaban J connectivity index is 0. The van der Waals surface area contributed by atoms with Gasteiger partial charge in [0.25, 0.3) is 0 Å². The van der Waals surface area contributed by atoms with E-state index >= 15 is 0 Å². The zero-order chi connectivity index (χ0) is 13.7. The van der Waals surface area contributed by atoms with Crippen LogP contribution in [0, 0.1) is 0 Å². The Morgan fingerprint density at radius 3 is 1.11 bits per heavy atom. The molecule has 0 saturated carbocycles. The molecule has 0 aliphatic rings. The van der Waals surface area contributed by atoms with Gasteiger partial charge < -0.3 is 4.48 Å². The average Bonchev–Trinajstić information content (AvgIpc) is 2.40. The van der Waals surface area contributed by atoms with Crippen molar-refractivity contribution in [3.8, 4) is 0 Å². The monoisotopic (exact) mass is 336 g/mol. The third-order valence-electron chi connectivity index (χ3n) is 4.19. The predicted molar refractivity (Wildman–Crippen MR) is 94.3 cm³/mol.